The molecule has 7 heteroatoms. The van der Waals surface area contributed by atoms with E-state index in [9.17, 15) is 4.79 Å². The maximum Gasteiger partial charge on any atom is 0.277 e. The second-order valence-corrected chi connectivity index (χ2v) is 8.03. The van der Waals surface area contributed by atoms with Gasteiger partial charge in [-0.15, -0.1) is 10.2 Å². The number of nitrogens with zero attached hydrogens (tertiary/aromatic N) is 3. The number of amides is 1. The van der Waals surface area contributed by atoms with E-state index in [2.05, 4.69) is 26.1 Å². The Morgan fingerprint density at radius 3 is 2.54 bits per heavy atom. The summed E-state index contributed by atoms with van der Waals surface area (Å²) in [6.07, 6.45) is 0. The van der Waals surface area contributed by atoms with Gasteiger partial charge < -0.3 is 9.32 Å². The van der Waals surface area contributed by atoms with Crippen molar-refractivity contribution in [2.75, 3.05) is 7.05 Å². The summed E-state index contributed by atoms with van der Waals surface area (Å²) in [7, 11) is 1.80. The molecule has 134 valence electrons. The van der Waals surface area contributed by atoms with Crippen molar-refractivity contribution in [1.29, 1.82) is 0 Å². The predicted molar refractivity (Wildman–Crippen MR) is 106 cm³/mol. The molecule has 0 saturated carbocycles. The Labute approximate surface area is 164 Å². The van der Waals surface area contributed by atoms with Gasteiger partial charge in [0.2, 0.25) is 11.8 Å². The minimum absolute atomic E-state index is 0.0160. The molecule has 5 nitrogen and oxygen atoms in total. The zero-order valence-corrected chi connectivity index (χ0v) is 16.8. The number of carbonyl (C=O) groups is 1. The number of benzene rings is 2. The number of thioether (sulfide) groups is 1. The van der Waals surface area contributed by atoms with Gasteiger partial charge in [0, 0.05) is 23.6 Å². The highest BCUT2D eigenvalue weighted by molar-refractivity contribution is 9.10. The molecule has 0 bridgehead atoms. The Morgan fingerprint density at radius 1 is 1.15 bits per heavy atom. The van der Waals surface area contributed by atoms with Crippen molar-refractivity contribution in [3.63, 3.8) is 0 Å². The smallest absolute Gasteiger partial charge is 0.277 e. The third kappa shape index (κ3) is 4.74. The van der Waals surface area contributed by atoms with E-state index >= 15 is 0 Å². The van der Waals surface area contributed by atoms with Crippen LogP contribution in [-0.2, 0) is 11.3 Å². The Morgan fingerprint density at radius 2 is 1.85 bits per heavy atom. The van der Waals surface area contributed by atoms with Gasteiger partial charge in [-0.2, -0.15) is 0 Å². The van der Waals surface area contributed by atoms with Gasteiger partial charge in [-0.25, -0.2) is 0 Å². The lowest BCUT2D eigenvalue weighted by molar-refractivity contribution is -0.129. The van der Waals surface area contributed by atoms with E-state index in [1.54, 1.807) is 11.9 Å². The Bertz CT molecular complexity index is 868. The van der Waals surface area contributed by atoms with Crippen LogP contribution in [0.2, 0.25) is 0 Å². The predicted octanol–water partition coefficient (Wildman–Crippen LogP) is 4.64. The number of halogens is 1. The molecule has 3 rings (SSSR count). The molecule has 0 aliphatic heterocycles. The summed E-state index contributed by atoms with van der Waals surface area (Å²) in [6, 6.07) is 17.5. The molecule has 0 N–H and O–H groups in total. The highest BCUT2D eigenvalue weighted by atomic mass is 79.9. The fraction of sp³-hybridized carbons (Fsp3) is 0.211. The number of hydrogen-bond donors (Lipinski definition) is 0. The second-order valence-electron chi connectivity index (χ2n) is 5.82. The fourth-order valence-corrected chi connectivity index (χ4v) is 3.48. The molecule has 0 saturated heterocycles. The number of carbonyl (C=O) groups excluding carboxylic acids is 1. The summed E-state index contributed by atoms with van der Waals surface area (Å²) in [5.41, 5.74) is 1.93. The van der Waals surface area contributed by atoms with E-state index in [0.29, 0.717) is 17.7 Å². The first-order valence-electron chi connectivity index (χ1n) is 8.08. The topological polar surface area (TPSA) is 59.2 Å². The van der Waals surface area contributed by atoms with Crippen molar-refractivity contribution in [3.8, 4) is 11.5 Å². The summed E-state index contributed by atoms with van der Waals surface area (Å²) in [6.45, 7) is 2.41. The van der Waals surface area contributed by atoms with Gasteiger partial charge in [0.1, 0.15) is 0 Å². The standard InChI is InChI=1S/C19H18BrN3O2S/c1-13(18(24)23(2)12-14-6-4-3-5-7-14)26-19-22-21-17(25-19)15-8-10-16(20)11-9-15/h3-11,13H,12H2,1-2H3. The molecule has 0 fully saturated rings. The summed E-state index contributed by atoms with van der Waals surface area (Å²) in [4.78, 5) is 14.3. The van der Waals surface area contributed by atoms with Crippen molar-refractivity contribution in [2.24, 2.45) is 0 Å². The lowest BCUT2D eigenvalue weighted by atomic mass is 10.2. The summed E-state index contributed by atoms with van der Waals surface area (Å²) < 4.78 is 6.67. The molecule has 0 radical (unpaired) electrons. The molecule has 1 amide bonds. The maximum atomic E-state index is 12.6. The third-order valence-corrected chi connectivity index (χ3v) is 5.21. The lowest BCUT2D eigenvalue weighted by Crippen LogP contribution is -2.32. The van der Waals surface area contributed by atoms with Crippen LogP contribution in [0, 0.1) is 0 Å². The molecule has 1 heterocycles. The maximum absolute atomic E-state index is 12.6. The molecule has 26 heavy (non-hydrogen) atoms. The highest BCUT2D eigenvalue weighted by Crippen LogP contribution is 2.27. The Hall–Kier alpha value is -2.12. The first-order chi connectivity index (χ1) is 12.5. The van der Waals surface area contributed by atoms with Crippen LogP contribution in [0.4, 0.5) is 0 Å². The van der Waals surface area contributed by atoms with E-state index in [1.165, 1.54) is 11.8 Å². The van der Waals surface area contributed by atoms with Gasteiger partial charge in [-0.3, -0.25) is 4.79 Å². The molecule has 0 aliphatic rings. The second kappa shape index (κ2) is 8.51. The van der Waals surface area contributed by atoms with Crippen LogP contribution < -0.4 is 0 Å². The van der Waals surface area contributed by atoms with Gasteiger partial charge >= 0.3 is 0 Å². The van der Waals surface area contributed by atoms with Crippen molar-refractivity contribution < 1.29 is 9.21 Å². The molecule has 1 aromatic heterocycles. The molecule has 1 atom stereocenters. The zero-order chi connectivity index (χ0) is 18.5. The van der Waals surface area contributed by atoms with Crippen LogP contribution in [0.1, 0.15) is 12.5 Å². The van der Waals surface area contributed by atoms with Crippen LogP contribution in [-0.4, -0.2) is 33.3 Å². The van der Waals surface area contributed by atoms with Crippen molar-refractivity contribution >= 4 is 33.6 Å². The van der Waals surface area contributed by atoms with Crippen LogP contribution in [0.3, 0.4) is 0 Å². The Kier molecular flexibility index (Phi) is 6.11. The van der Waals surface area contributed by atoms with E-state index in [0.717, 1.165) is 15.6 Å². The third-order valence-electron chi connectivity index (χ3n) is 3.76. The van der Waals surface area contributed by atoms with Crippen LogP contribution in [0.15, 0.2) is 68.7 Å². The lowest BCUT2D eigenvalue weighted by Gasteiger charge is -2.20. The van der Waals surface area contributed by atoms with Gasteiger partial charge in [0.15, 0.2) is 0 Å². The first-order valence-corrected chi connectivity index (χ1v) is 9.75. The molecular weight excluding hydrogens is 414 g/mol. The van der Waals surface area contributed by atoms with Crippen molar-refractivity contribution in [2.45, 2.75) is 23.9 Å². The largest absolute Gasteiger partial charge is 0.411 e. The monoisotopic (exact) mass is 431 g/mol. The number of rotatable bonds is 6. The minimum Gasteiger partial charge on any atom is -0.411 e. The molecular formula is C19H18BrN3O2S. The normalized spacial score (nSPS) is 12.0. The van der Waals surface area contributed by atoms with E-state index < -0.39 is 0 Å². The van der Waals surface area contributed by atoms with Gasteiger partial charge in [0.05, 0.1) is 5.25 Å². The molecule has 2 aromatic carbocycles. The van der Waals surface area contributed by atoms with Crippen molar-refractivity contribution in [3.05, 3.63) is 64.6 Å². The zero-order valence-electron chi connectivity index (χ0n) is 14.4. The van der Waals surface area contributed by atoms with E-state index in [1.807, 2.05) is 61.5 Å². The average molecular weight is 432 g/mol. The van der Waals surface area contributed by atoms with Crippen LogP contribution >= 0.6 is 27.7 Å². The quantitative estimate of drug-likeness (QED) is 0.532. The van der Waals surface area contributed by atoms with Crippen molar-refractivity contribution in [1.82, 2.24) is 15.1 Å². The van der Waals surface area contributed by atoms with Crippen LogP contribution in [0.25, 0.3) is 11.5 Å². The van der Waals surface area contributed by atoms with Crippen LogP contribution in [0.5, 0.6) is 0 Å². The molecule has 0 aliphatic carbocycles. The first kappa shape index (κ1) is 18.7. The molecule has 3 aromatic rings. The SMILES string of the molecule is CC(Sc1nnc(-c2ccc(Br)cc2)o1)C(=O)N(C)Cc1ccccc1. The van der Waals surface area contributed by atoms with Gasteiger partial charge in [0.25, 0.3) is 5.22 Å². The Balaban J connectivity index is 1.61. The number of aromatic nitrogens is 2. The van der Waals surface area contributed by atoms with E-state index in [4.69, 9.17) is 4.42 Å². The summed E-state index contributed by atoms with van der Waals surface area (Å²) in [5.74, 6) is 0.458. The minimum atomic E-state index is -0.318. The van der Waals surface area contributed by atoms with E-state index in [-0.39, 0.29) is 11.2 Å². The number of hydrogen-bond acceptors (Lipinski definition) is 5. The fourth-order valence-electron chi connectivity index (χ4n) is 2.41. The summed E-state index contributed by atoms with van der Waals surface area (Å²) >= 11 is 4.66. The average Bonchev–Trinajstić information content (AvgIpc) is 3.11. The molecule has 1 unspecified atom stereocenters. The summed E-state index contributed by atoms with van der Waals surface area (Å²) in [5, 5.41) is 8.18. The van der Waals surface area contributed by atoms with Gasteiger partial charge in [-0.1, -0.05) is 58.0 Å². The molecule has 0 spiro atoms. The van der Waals surface area contributed by atoms with Gasteiger partial charge in [-0.05, 0) is 36.8 Å². The highest BCUT2D eigenvalue weighted by Gasteiger charge is 2.22.